The van der Waals surface area contributed by atoms with Gasteiger partial charge < -0.3 is 0 Å². The van der Waals surface area contributed by atoms with Crippen molar-refractivity contribution in [2.45, 2.75) is 31.6 Å². The van der Waals surface area contributed by atoms with E-state index in [0.29, 0.717) is 6.42 Å². The quantitative estimate of drug-likeness (QED) is 0.765. The molecule has 0 fully saturated rings. The molecule has 2 rings (SSSR count). The first kappa shape index (κ1) is 11.5. The molecule has 1 aliphatic carbocycles. The maximum Gasteiger partial charge on any atom is 0.157 e. The van der Waals surface area contributed by atoms with E-state index in [9.17, 15) is 4.79 Å². The maximum absolute atomic E-state index is 11.6. The van der Waals surface area contributed by atoms with Crippen molar-refractivity contribution in [1.29, 1.82) is 0 Å². The minimum atomic E-state index is 0.114. The molecule has 84 valence electrons. The molecule has 0 aromatic heterocycles. The van der Waals surface area contributed by atoms with Gasteiger partial charge in [0.25, 0.3) is 0 Å². The van der Waals surface area contributed by atoms with Gasteiger partial charge in [-0.1, -0.05) is 43.8 Å². The van der Waals surface area contributed by atoms with Gasteiger partial charge in [0, 0.05) is 11.3 Å². The second-order valence-corrected chi connectivity index (χ2v) is 6.21. The highest BCUT2D eigenvalue weighted by Gasteiger charge is 2.27. The van der Waals surface area contributed by atoms with Crippen LogP contribution in [-0.4, -0.2) is 5.78 Å². The van der Waals surface area contributed by atoms with Crippen molar-refractivity contribution in [1.82, 2.24) is 0 Å². The summed E-state index contributed by atoms with van der Waals surface area (Å²) in [4.78, 5) is 14.0. The summed E-state index contributed by atoms with van der Waals surface area (Å²) in [5.74, 6) is 0.259. The Balaban J connectivity index is 2.14. The Labute approximate surface area is 101 Å². The summed E-state index contributed by atoms with van der Waals surface area (Å²) in [6.45, 7) is 4.31. The lowest BCUT2D eigenvalue weighted by Gasteiger charge is -2.28. The highest BCUT2D eigenvalue weighted by atomic mass is 32.2. The molecule has 1 aromatic rings. The van der Waals surface area contributed by atoms with Gasteiger partial charge in [0.1, 0.15) is 0 Å². The van der Waals surface area contributed by atoms with Crippen LogP contribution in [0.25, 0.3) is 0 Å². The molecular weight excluding hydrogens is 216 g/mol. The summed E-state index contributed by atoms with van der Waals surface area (Å²) in [6, 6.07) is 10.2. The molecule has 0 spiro atoms. The summed E-state index contributed by atoms with van der Waals surface area (Å²) < 4.78 is 0. The molecule has 0 saturated carbocycles. The van der Waals surface area contributed by atoms with Gasteiger partial charge >= 0.3 is 0 Å². The van der Waals surface area contributed by atoms with Crippen molar-refractivity contribution in [3.8, 4) is 0 Å². The Bertz CT molecular complexity index is 418. The van der Waals surface area contributed by atoms with E-state index in [1.165, 1.54) is 9.80 Å². The van der Waals surface area contributed by atoms with Gasteiger partial charge in [-0.15, -0.1) is 0 Å². The van der Waals surface area contributed by atoms with Crippen molar-refractivity contribution in [2.75, 3.05) is 0 Å². The second kappa shape index (κ2) is 4.46. The third-order valence-corrected chi connectivity index (χ3v) is 3.65. The number of thioether (sulfide) groups is 1. The molecule has 1 aromatic carbocycles. The minimum absolute atomic E-state index is 0.114. The lowest BCUT2D eigenvalue weighted by atomic mass is 9.80. The summed E-state index contributed by atoms with van der Waals surface area (Å²) in [5.41, 5.74) is 0.114. The number of allylic oxidation sites excluding steroid dienone is 2. The topological polar surface area (TPSA) is 17.1 Å². The SMILES string of the molecule is CC1(C)CC(=O)C=C(Sc2ccccc2)C1. The van der Waals surface area contributed by atoms with E-state index in [0.717, 1.165) is 6.42 Å². The van der Waals surface area contributed by atoms with Gasteiger partial charge in [0.05, 0.1) is 0 Å². The molecule has 0 radical (unpaired) electrons. The van der Waals surface area contributed by atoms with Crippen LogP contribution in [0.2, 0.25) is 0 Å². The lowest BCUT2D eigenvalue weighted by molar-refractivity contribution is -0.116. The average molecular weight is 232 g/mol. The Morgan fingerprint density at radius 2 is 1.81 bits per heavy atom. The zero-order valence-electron chi connectivity index (χ0n) is 9.69. The van der Waals surface area contributed by atoms with E-state index >= 15 is 0 Å². The fourth-order valence-electron chi connectivity index (χ4n) is 1.99. The first-order valence-electron chi connectivity index (χ1n) is 5.51. The van der Waals surface area contributed by atoms with Crippen LogP contribution in [0, 0.1) is 5.41 Å². The fraction of sp³-hybridized carbons (Fsp3) is 0.357. The van der Waals surface area contributed by atoms with Crippen molar-refractivity contribution in [3.63, 3.8) is 0 Å². The van der Waals surface area contributed by atoms with E-state index < -0.39 is 0 Å². The Morgan fingerprint density at radius 1 is 1.12 bits per heavy atom. The smallest absolute Gasteiger partial charge is 0.157 e. The van der Waals surface area contributed by atoms with E-state index in [4.69, 9.17) is 0 Å². The first-order valence-corrected chi connectivity index (χ1v) is 6.33. The number of benzene rings is 1. The zero-order valence-corrected chi connectivity index (χ0v) is 10.5. The Kier molecular flexibility index (Phi) is 3.20. The van der Waals surface area contributed by atoms with Crippen molar-refractivity contribution in [2.24, 2.45) is 5.41 Å². The number of carbonyl (C=O) groups is 1. The number of carbonyl (C=O) groups excluding carboxylic acids is 1. The van der Waals surface area contributed by atoms with E-state index in [1.54, 1.807) is 11.8 Å². The second-order valence-electron chi connectivity index (χ2n) is 5.01. The van der Waals surface area contributed by atoms with E-state index in [1.807, 2.05) is 24.3 Å². The van der Waals surface area contributed by atoms with Crippen LogP contribution >= 0.6 is 11.8 Å². The monoisotopic (exact) mass is 232 g/mol. The number of ketones is 1. The van der Waals surface area contributed by atoms with Crippen LogP contribution in [-0.2, 0) is 4.79 Å². The largest absolute Gasteiger partial charge is 0.295 e. The minimum Gasteiger partial charge on any atom is -0.295 e. The normalized spacial score (nSPS) is 19.4. The highest BCUT2D eigenvalue weighted by Crippen LogP contribution is 2.40. The van der Waals surface area contributed by atoms with Crippen molar-refractivity contribution in [3.05, 3.63) is 41.3 Å². The van der Waals surface area contributed by atoms with Crippen LogP contribution in [0.1, 0.15) is 26.7 Å². The molecule has 0 atom stereocenters. The van der Waals surface area contributed by atoms with Gasteiger partial charge in [0.2, 0.25) is 0 Å². The van der Waals surface area contributed by atoms with Gasteiger partial charge in [-0.25, -0.2) is 0 Å². The molecule has 0 N–H and O–H groups in total. The number of hydrogen-bond acceptors (Lipinski definition) is 2. The van der Waals surface area contributed by atoms with Crippen LogP contribution in [0.15, 0.2) is 46.2 Å². The molecule has 0 bridgehead atoms. The third-order valence-electron chi connectivity index (χ3n) is 2.62. The molecular formula is C14H16OS. The van der Waals surface area contributed by atoms with E-state index in [2.05, 4.69) is 26.0 Å². The molecule has 16 heavy (non-hydrogen) atoms. The van der Waals surface area contributed by atoms with Crippen molar-refractivity contribution < 1.29 is 4.79 Å². The summed E-state index contributed by atoms with van der Waals surface area (Å²) in [5, 5.41) is 0. The average Bonchev–Trinajstić information content (AvgIpc) is 2.15. The molecule has 0 unspecified atom stereocenters. The third kappa shape index (κ3) is 2.99. The maximum atomic E-state index is 11.6. The standard InChI is InChI=1S/C14H16OS/c1-14(2)9-11(15)8-13(10-14)16-12-6-4-3-5-7-12/h3-8H,9-10H2,1-2H3. The van der Waals surface area contributed by atoms with Gasteiger partial charge in [-0.2, -0.15) is 0 Å². The lowest BCUT2D eigenvalue weighted by Crippen LogP contribution is -2.20. The Hall–Kier alpha value is -1.02. The highest BCUT2D eigenvalue weighted by molar-refractivity contribution is 8.03. The predicted octanol–water partition coefficient (Wildman–Crippen LogP) is 4.05. The zero-order chi connectivity index (χ0) is 11.6. The van der Waals surface area contributed by atoms with Crippen LogP contribution in [0.5, 0.6) is 0 Å². The van der Waals surface area contributed by atoms with Crippen LogP contribution in [0.4, 0.5) is 0 Å². The Morgan fingerprint density at radius 3 is 2.44 bits per heavy atom. The number of rotatable bonds is 2. The summed E-state index contributed by atoms with van der Waals surface area (Å²) in [7, 11) is 0. The molecule has 1 aliphatic rings. The molecule has 0 saturated heterocycles. The number of hydrogen-bond donors (Lipinski definition) is 0. The van der Waals surface area contributed by atoms with Crippen LogP contribution in [0.3, 0.4) is 0 Å². The van der Waals surface area contributed by atoms with Gasteiger partial charge in [-0.05, 0) is 34.9 Å². The predicted molar refractivity (Wildman–Crippen MR) is 68.4 cm³/mol. The summed E-state index contributed by atoms with van der Waals surface area (Å²) in [6.07, 6.45) is 3.48. The van der Waals surface area contributed by atoms with E-state index in [-0.39, 0.29) is 11.2 Å². The molecule has 0 aliphatic heterocycles. The molecule has 0 heterocycles. The summed E-state index contributed by atoms with van der Waals surface area (Å²) >= 11 is 1.71. The van der Waals surface area contributed by atoms with Gasteiger partial charge in [0.15, 0.2) is 5.78 Å². The van der Waals surface area contributed by atoms with Crippen LogP contribution < -0.4 is 0 Å². The van der Waals surface area contributed by atoms with Crippen molar-refractivity contribution >= 4 is 17.5 Å². The van der Waals surface area contributed by atoms with Gasteiger partial charge in [-0.3, -0.25) is 4.79 Å². The fourth-order valence-corrected chi connectivity index (χ4v) is 3.24. The molecule has 2 heteroatoms. The molecule has 1 nitrogen and oxygen atoms in total. The first-order chi connectivity index (χ1) is 7.55. The molecule has 0 amide bonds.